The van der Waals surface area contributed by atoms with Crippen molar-refractivity contribution in [3.63, 3.8) is 0 Å². The molecule has 1 amide bonds. The van der Waals surface area contributed by atoms with E-state index in [9.17, 15) is 18.0 Å². The molecule has 4 aromatic rings. The number of amides is 1. The molecular weight excluding hydrogens is 501 g/mol. The van der Waals surface area contributed by atoms with E-state index in [0.29, 0.717) is 16.1 Å². The number of hydrogen-bond acceptors (Lipinski definition) is 4. The van der Waals surface area contributed by atoms with Gasteiger partial charge in [0.25, 0.3) is 5.91 Å². The number of halogens is 5. The Morgan fingerprint density at radius 1 is 1.23 bits per heavy atom. The van der Waals surface area contributed by atoms with Crippen LogP contribution in [0.15, 0.2) is 47.1 Å². The highest BCUT2D eigenvalue weighted by Gasteiger charge is 2.36. The molecule has 0 unspecified atom stereocenters. The van der Waals surface area contributed by atoms with Crippen molar-refractivity contribution in [2.45, 2.75) is 19.6 Å². The molecule has 0 aliphatic heterocycles. The summed E-state index contributed by atoms with van der Waals surface area (Å²) in [5.74, 6) is -0.507. The maximum absolute atomic E-state index is 13.4. The maximum Gasteiger partial charge on any atom is 0.433 e. The molecule has 1 aromatic carbocycles. The van der Waals surface area contributed by atoms with Crippen LogP contribution in [0, 0.1) is 6.92 Å². The van der Waals surface area contributed by atoms with Gasteiger partial charge in [-0.2, -0.15) is 23.4 Å². The van der Waals surface area contributed by atoms with Gasteiger partial charge in [0.1, 0.15) is 5.69 Å². The highest BCUT2D eigenvalue weighted by Crippen LogP contribution is 2.32. The summed E-state index contributed by atoms with van der Waals surface area (Å²) in [5, 5.41) is 11.2. The topological polar surface area (TPSA) is 77.1 Å². The van der Waals surface area contributed by atoms with E-state index in [1.54, 1.807) is 29.1 Å². The molecule has 0 radical (unpaired) electrons. The van der Waals surface area contributed by atoms with Gasteiger partial charge in [0.2, 0.25) is 0 Å². The zero-order chi connectivity index (χ0) is 22.3. The lowest BCUT2D eigenvalue weighted by Gasteiger charge is -2.09. The van der Waals surface area contributed by atoms with E-state index >= 15 is 0 Å². The third kappa shape index (κ3) is 4.42. The van der Waals surface area contributed by atoms with Gasteiger partial charge >= 0.3 is 6.18 Å². The third-order valence-corrected chi connectivity index (χ3v) is 5.25. The van der Waals surface area contributed by atoms with Crippen molar-refractivity contribution in [1.82, 2.24) is 24.4 Å². The van der Waals surface area contributed by atoms with E-state index < -0.39 is 17.8 Å². The van der Waals surface area contributed by atoms with Gasteiger partial charge in [0.05, 0.1) is 11.0 Å². The van der Waals surface area contributed by atoms with Crippen LogP contribution in [0.25, 0.3) is 5.65 Å². The van der Waals surface area contributed by atoms with Gasteiger partial charge in [0, 0.05) is 23.0 Å². The fraction of sp³-hybridized carbons (Fsp3) is 0.158. The largest absolute Gasteiger partial charge is 0.433 e. The summed E-state index contributed by atoms with van der Waals surface area (Å²) in [6, 6.07) is 9.68. The number of benzene rings is 1. The number of aryl methyl sites for hydroxylation is 1. The number of fused-ring (bicyclic) bond motifs is 1. The van der Waals surface area contributed by atoms with Gasteiger partial charge in [-0.05, 0) is 46.6 Å². The minimum absolute atomic E-state index is 0.0533. The summed E-state index contributed by atoms with van der Waals surface area (Å²) >= 11 is 9.12. The van der Waals surface area contributed by atoms with Crippen LogP contribution >= 0.6 is 27.5 Å². The second-order valence-corrected chi connectivity index (χ2v) is 7.89. The lowest BCUT2D eigenvalue weighted by Crippen LogP contribution is -2.16. The Morgan fingerprint density at radius 2 is 2.00 bits per heavy atom. The Hall–Kier alpha value is -2.92. The molecule has 0 aliphatic carbocycles. The summed E-state index contributed by atoms with van der Waals surface area (Å²) in [5.41, 5.74) is -0.317. The molecule has 0 saturated carbocycles. The first-order chi connectivity index (χ1) is 14.6. The van der Waals surface area contributed by atoms with Crippen molar-refractivity contribution < 1.29 is 18.0 Å². The third-order valence-electron chi connectivity index (χ3n) is 4.28. The molecular formula is C19H13BrClF3N6O. The molecule has 0 atom stereocenters. The predicted octanol–water partition coefficient (Wildman–Crippen LogP) is 4.97. The van der Waals surface area contributed by atoms with E-state index in [4.69, 9.17) is 11.6 Å². The summed E-state index contributed by atoms with van der Waals surface area (Å²) in [6.07, 6.45) is -3.01. The molecule has 7 nitrogen and oxygen atoms in total. The van der Waals surface area contributed by atoms with Crippen molar-refractivity contribution in [2.24, 2.45) is 0 Å². The summed E-state index contributed by atoms with van der Waals surface area (Å²) in [6.45, 7) is 1.85. The van der Waals surface area contributed by atoms with E-state index in [0.717, 1.165) is 11.6 Å². The van der Waals surface area contributed by atoms with E-state index in [1.807, 2.05) is 12.1 Å². The molecule has 0 saturated heterocycles. The van der Waals surface area contributed by atoms with Crippen LogP contribution in [-0.4, -0.2) is 30.3 Å². The van der Waals surface area contributed by atoms with E-state index in [2.05, 4.69) is 36.4 Å². The minimum Gasteiger partial charge on any atom is -0.304 e. The summed E-state index contributed by atoms with van der Waals surface area (Å²) < 4.78 is 42.3. The Labute approximate surface area is 187 Å². The van der Waals surface area contributed by atoms with Crippen molar-refractivity contribution in [1.29, 1.82) is 0 Å². The molecule has 3 heterocycles. The van der Waals surface area contributed by atoms with E-state index in [-0.39, 0.29) is 27.3 Å². The van der Waals surface area contributed by atoms with Crippen molar-refractivity contribution >= 4 is 44.9 Å². The van der Waals surface area contributed by atoms with Gasteiger partial charge in [-0.1, -0.05) is 23.7 Å². The van der Waals surface area contributed by atoms with Crippen LogP contribution in [-0.2, 0) is 12.7 Å². The first kappa shape index (κ1) is 21.3. The molecule has 31 heavy (non-hydrogen) atoms. The number of hydrogen-bond donors (Lipinski definition) is 1. The van der Waals surface area contributed by atoms with Crippen LogP contribution in [0.4, 0.5) is 19.0 Å². The Kier molecular flexibility index (Phi) is 5.48. The number of anilines is 1. The van der Waals surface area contributed by atoms with Gasteiger partial charge in [-0.25, -0.2) is 9.50 Å². The van der Waals surface area contributed by atoms with Crippen LogP contribution < -0.4 is 5.32 Å². The summed E-state index contributed by atoms with van der Waals surface area (Å²) in [7, 11) is 0. The monoisotopic (exact) mass is 512 g/mol. The van der Waals surface area contributed by atoms with Gasteiger partial charge < -0.3 is 5.32 Å². The number of nitrogens with one attached hydrogen (secondary N) is 1. The molecule has 0 fully saturated rings. The van der Waals surface area contributed by atoms with Crippen LogP contribution in [0.5, 0.6) is 0 Å². The van der Waals surface area contributed by atoms with Gasteiger partial charge in [-0.3, -0.25) is 9.48 Å². The average Bonchev–Trinajstić information content (AvgIpc) is 3.25. The first-order valence-electron chi connectivity index (χ1n) is 8.84. The SMILES string of the molecule is Cc1cc(C(F)(F)F)n2nc(C(=O)Nc3ccn(Cc4cccc(Cl)c4)n3)c(Br)c2n1. The molecule has 0 aliphatic rings. The van der Waals surface area contributed by atoms with E-state index in [1.165, 1.54) is 6.92 Å². The number of nitrogens with zero attached hydrogens (tertiary/aromatic N) is 5. The van der Waals surface area contributed by atoms with Crippen LogP contribution in [0.1, 0.15) is 27.4 Å². The molecule has 12 heteroatoms. The fourth-order valence-electron chi connectivity index (χ4n) is 2.97. The van der Waals surface area contributed by atoms with Crippen LogP contribution in [0.3, 0.4) is 0 Å². The zero-order valence-electron chi connectivity index (χ0n) is 15.8. The quantitative estimate of drug-likeness (QED) is 0.418. The zero-order valence-corrected chi connectivity index (χ0v) is 18.1. The lowest BCUT2D eigenvalue weighted by atomic mass is 10.2. The first-order valence-corrected chi connectivity index (χ1v) is 10.0. The number of rotatable bonds is 4. The molecule has 160 valence electrons. The average molecular weight is 514 g/mol. The molecule has 1 N–H and O–H groups in total. The molecule has 4 rings (SSSR count). The molecule has 3 aromatic heterocycles. The number of aromatic nitrogens is 5. The smallest absolute Gasteiger partial charge is 0.304 e. The van der Waals surface area contributed by atoms with Crippen molar-refractivity contribution in [3.8, 4) is 0 Å². The highest BCUT2D eigenvalue weighted by molar-refractivity contribution is 9.10. The Balaban J connectivity index is 1.59. The van der Waals surface area contributed by atoms with Gasteiger partial charge in [0.15, 0.2) is 17.2 Å². The number of carbonyl (C=O) groups is 1. The van der Waals surface area contributed by atoms with Gasteiger partial charge in [-0.15, -0.1) is 0 Å². The predicted molar refractivity (Wildman–Crippen MR) is 111 cm³/mol. The number of carbonyl (C=O) groups excluding carboxylic acids is 1. The minimum atomic E-state index is -4.66. The number of alkyl halides is 3. The Bertz CT molecular complexity index is 1300. The standard InChI is InChI=1S/C19H13BrClF3N6O/c1-10-7-13(19(22,23)24)30-17(25-10)15(20)16(28-30)18(31)26-14-5-6-29(27-14)9-11-3-2-4-12(21)8-11/h2-8H,9H2,1H3,(H,26,27,31). The lowest BCUT2D eigenvalue weighted by molar-refractivity contribution is -0.142. The molecule has 0 bridgehead atoms. The molecule has 0 spiro atoms. The normalized spacial score (nSPS) is 11.8. The Morgan fingerprint density at radius 3 is 2.71 bits per heavy atom. The second-order valence-electron chi connectivity index (χ2n) is 6.66. The van der Waals surface area contributed by atoms with Crippen molar-refractivity contribution in [2.75, 3.05) is 5.32 Å². The van der Waals surface area contributed by atoms with Crippen LogP contribution in [0.2, 0.25) is 5.02 Å². The fourth-order valence-corrected chi connectivity index (χ4v) is 3.70. The summed E-state index contributed by atoms with van der Waals surface area (Å²) in [4.78, 5) is 16.7. The highest BCUT2D eigenvalue weighted by atomic mass is 79.9. The second kappa shape index (κ2) is 7.97. The van der Waals surface area contributed by atoms with Crippen molar-refractivity contribution in [3.05, 3.63) is 74.7 Å². The maximum atomic E-state index is 13.4.